The van der Waals surface area contributed by atoms with E-state index >= 15 is 0 Å². The van der Waals surface area contributed by atoms with E-state index in [0.29, 0.717) is 24.2 Å². The van der Waals surface area contributed by atoms with Crippen molar-refractivity contribution in [3.63, 3.8) is 0 Å². The number of allylic oxidation sites excluding steroid dienone is 3. The number of ether oxygens (including phenoxy) is 2. The fourth-order valence-corrected chi connectivity index (χ4v) is 3.34. The van der Waals surface area contributed by atoms with Gasteiger partial charge in [-0.3, -0.25) is 0 Å². The summed E-state index contributed by atoms with van der Waals surface area (Å²) in [6, 6.07) is 0. The highest BCUT2D eigenvalue weighted by atomic mass is 79.9. The van der Waals surface area contributed by atoms with Crippen molar-refractivity contribution in [3.8, 4) is 0 Å². The summed E-state index contributed by atoms with van der Waals surface area (Å²) in [6.45, 7) is 0. The van der Waals surface area contributed by atoms with Crippen molar-refractivity contribution in [2.45, 2.75) is 25.0 Å². The Morgan fingerprint density at radius 3 is 2.81 bits per heavy atom. The van der Waals surface area contributed by atoms with Crippen molar-refractivity contribution in [2.75, 3.05) is 14.2 Å². The lowest BCUT2D eigenvalue weighted by Crippen LogP contribution is -2.28. The van der Waals surface area contributed by atoms with E-state index in [4.69, 9.17) is 21.1 Å². The quantitative estimate of drug-likeness (QED) is 0.804. The van der Waals surface area contributed by atoms with Crippen LogP contribution in [0.2, 0.25) is 0 Å². The Kier molecular flexibility index (Phi) is 5.66. The maximum atomic E-state index is 14.1. The Morgan fingerprint density at radius 2 is 2.19 bits per heavy atom. The first-order valence-electron chi connectivity index (χ1n) is 6.56. The van der Waals surface area contributed by atoms with Crippen LogP contribution in [-0.4, -0.2) is 31.5 Å². The molecular formula is C15H17BrClFO3. The van der Waals surface area contributed by atoms with E-state index < -0.39 is 17.8 Å². The molecule has 6 heteroatoms. The Balaban J connectivity index is 2.32. The lowest BCUT2D eigenvalue weighted by molar-refractivity contribution is 0.106. The highest BCUT2D eigenvalue weighted by Gasteiger charge is 2.33. The van der Waals surface area contributed by atoms with Gasteiger partial charge in [0.1, 0.15) is 11.6 Å². The number of methoxy groups -OCH3 is 2. The zero-order chi connectivity index (χ0) is 15.6. The lowest BCUT2D eigenvalue weighted by atomic mass is 9.86. The summed E-state index contributed by atoms with van der Waals surface area (Å²) in [5.41, 5.74) is 0.553. The lowest BCUT2D eigenvalue weighted by Gasteiger charge is -2.29. The van der Waals surface area contributed by atoms with Crippen molar-refractivity contribution in [1.29, 1.82) is 0 Å². The Labute approximate surface area is 136 Å². The molecular weight excluding hydrogens is 363 g/mol. The second-order valence-electron chi connectivity index (χ2n) is 4.93. The summed E-state index contributed by atoms with van der Waals surface area (Å²) >= 11 is 9.22. The molecule has 0 aliphatic heterocycles. The standard InChI is InChI=1S/C15H17BrClFO3/c1-20-12-7-13(21-2)10(16)6-9(12)15(19)8-4-3-5-11(17)14(8)18/h3,5-6,8,13,15,19H,4,7H2,1-2H3. The monoisotopic (exact) mass is 378 g/mol. The fourth-order valence-electron chi connectivity index (χ4n) is 2.52. The highest BCUT2D eigenvalue weighted by molar-refractivity contribution is 9.11. The Hall–Kier alpha value is -0.620. The van der Waals surface area contributed by atoms with Gasteiger partial charge >= 0.3 is 0 Å². The molecule has 0 aromatic heterocycles. The van der Waals surface area contributed by atoms with Crippen molar-refractivity contribution in [3.05, 3.63) is 44.9 Å². The largest absolute Gasteiger partial charge is 0.501 e. The van der Waals surface area contributed by atoms with E-state index in [0.717, 1.165) is 4.48 Å². The second kappa shape index (κ2) is 7.09. The molecule has 116 valence electrons. The van der Waals surface area contributed by atoms with E-state index in [1.165, 1.54) is 13.2 Å². The first kappa shape index (κ1) is 16.7. The second-order valence-corrected chi connectivity index (χ2v) is 6.25. The van der Waals surface area contributed by atoms with Crippen LogP contribution in [0.3, 0.4) is 0 Å². The molecule has 3 unspecified atom stereocenters. The van der Waals surface area contributed by atoms with Crippen molar-refractivity contribution in [1.82, 2.24) is 0 Å². The summed E-state index contributed by atoms with van der Waals surface area (Å²) in [4.78, 5) is 0. The molecule has 0 bridgehead atoms. The molecule has 2 aliphatic carbocycles. The van der Waals surface area contributed by atoms with Gasteiger partial charge in [0, 0.05) is 29.5 Å². The Morgan fingerprint density at radius 1 is 1.48 bits per heavy atom. The zero-order valence-corrected chi connectivity index (χ0v) is 14.1. The topological polar surface area (TPSA) is 38.7 Å². The molecule has 2 aliphatic rings. The minimum Gasteiger partial charge on any atom is -0.501 e. The van der Waals surface area contributed by atoms with Gasteiger partial charge < -0.3 is 14.6 Å². The maximum Gasteiger partial charge on any atom is 0.125 e. The van der Waals surface area contributed by atoms with Gasteiger partial charge in [-0.2, -0.15) is 0 Å². The van der Waals surface area contributed by atoms with Gasteiger partial charge in [-0.15, -0.1) is 0 Å². The van der Waals surface area contributed by atoms with Gasteiger partial charge in [-0.1, -0.05) is 33.6 Å². The number of halogens is 3. The minimum absolute atomic E-state index is 0.0403. The fraction of sp³-hybridized carbons (Fsp3) is 0.467. The summed E-state index contributed by atoms with van der Waals surface area (Å²) in [6.07, 6.45) is 4.70. The predicted octanol–water partition coefficient (Wildman–Crippen LogP) is 3.94. The van der Waals surface area contributed by atoms with E-state index in [-0.39, 0.29) is 11.1 Å². The average molecular weight is 380 g/mol. The van der Waals surface area contributed by atoms with Crippen molar-refractivity contribution < 1.29 is 19.0 Å². The van der Waals surface area contributed by atoms with Crippen LogP contribution >= 0.6 is 27.5 Å². The Bertz CT molecular complexity index is 539. The average Bonchev–Trinajstić information content (AvgIpc) is 2.49. The first-order valence-corrected chi connectivity index (χ1v) is 7.73. The summed E-state index contributed by atoms with van der Waals surface area (Å²) in [5.74, 6) is -0.595. The molecule has 0 saturated heterocycles. The molecule has 0 saturated carbocycles. The van der Waals surface area contributed by atoms with E-state index in [9.17, 15) is 9.50 Å². The van der Waals surface area contributed by atoms with Crippen LogP contribution in [0, 0.1) is 5.92 Å². The molecule has 0 spiro atoms. The van der Waals surface area contributed by atoms with Gasteiger partial charge in [0.05, 0.1) is 24.4 Å². The molecule has 0 heterocycles. The molecule has 0 amide bonds. The summed E-state index contributed by atoms with van der Waals surface area (Å²) in [5, 5.41) is 10.6. The van der Waals surface area contributed by atoms with Crippen molar-refractivity contribution >= 4 is 27.5 Å². The summed E-state index contributed by atoms with van der Waals surface area (Å²) in [7, 11) is 3.13. The van der Waals surface area contributed by atoms with Gasteiger partial charge in [-0.05, 0) is 18.6 Å². The molecule has 2 rings (SSSR count). The normalized spacial score (nSPS) is 27.8. The third-order valence-corrected chi connectivity index (χ3v) is 4.78. The van der Waals surface area contributed by atoms with Crippen LogP contribution in [0.5, 0.6) is 0 Å². The highest BCUT2D eigenvalue weighted by Crippen LogP contribution is 2.38. The molecule has 0 fully saturated rings. The number of aliphatic hydroxyl groups is 1. The summed E-state index contributed by atoms with van der Waals surface area (Å²) < 4.78 is 25.6. The van der Waals surface area contributed by atoms with Crippen molar-refractivity contribution in [2.24, 2.45) is 5.92 Å². The van der Waals surface area contributed by atoms with E-state index in [1.807, 2.05) is 0 Å². The number of hydrogen-bond donors (Lipinski definition) is 1. The third kappa shape index (κ3) is 3.42. The number of rotatable bonds is 4. The smallest absolute Gasteiger partial charge is 0.125 e. The van der Waals surface area contributed by atoms with Gasteiger partial charge in [0.15, 0.2) is 0 Å². The van der Waals surface area contributed by atoms with E-state index in [1.54, 1.807) is 19.3 Å². The SMILES string of the molecule is COC1=C(C(O)C2CC=CC(Cl)=C2F)C=C(Br)C(OC)C1. The molecule has 0 aromatic carbocycles. The van der Waals surface area contributed by atoms with Gasteiger partial charge in [0.2, 0.25) is 0 Å². The van der Waals surface area contributed by atoms with Crippen LogP contribution in [0.4, 0.5) is 4.39 Å². The molecule has 0 aromatic rings. The number of hydrogen-bond acceptors (Lipinski definition) is 3. The minimum atomic E-state index is -1.02. The first-order chi connectivity index (χ1) is 9.99. The van der Waals surface area contributed by atoms with Gasteiger partial charge in [0.25, 0.3) is 0 Å². The van der Waals surface area contributed by atoms with Crippen LogP contribution in [0.15, 0.2) is 44.9 Å². The molecule has 3 atom stereocenters. The molecule has 21 heavy (non-hydrogen) atoms. The number of aliphatic hydroxyl groups excluding tert-OH is 1. The molecule has 1 N–H and O–H groups in total. The third-order valence-electron chi connectivity index (χ3n) is 3.73. The van der Waals surface area contributed by atoms with Crippen LogP contribution in [0.1, 0.15) is 12.8 Å². The van der Waals surface area contributed by atoms with Crippen LogP contribution in [0.25, 0.3) is 0 Å². The zero-order valence-electron chi connectivity index (χ0n) is 11.8. The van der Waals surface area contributed by atoms with E-state index in [2.05, 4.69) is 15.9 Å². The maximum absolute atomic E-state index is 14.1. The molecule has 0 radical (unpaired) electrons. The van der Waals surface area contributed by atoms with Gasteiger partial charge in [-0.25, -0.2) is 4.39 Å². The van der Waals surface area contributed by atoms with Crippen LogP contribution < -0.4 is 0 Å². The molecule has 3 nitrogen and oxygen atoms in total. The predicted molar refractivity (Wildman–Crippen MR) is 83.7 cm³/mol. The van der Waals surface area contributed by atoms with Crippen LogP contribution in [-0.2, 0) is 9.47 Å².